The van der Waals surface area contributed by atoms with Gasteiger partial charge in [0.15, 0.2) is 0 Å². The first kappa shape index (κ1) is 13.5. The summed E-state index contributed by atoms with van der Waals surface area (Å²) in [4.78, 5) is 0. The van der Waals surface area contributed by atoms with E-state index in [-0.39, 0.29) is 5.54 Å². The van der Waals surface area contributed by atoms with Crippen LogP contribution in [-0.2, 0) is 6.54 Å². The lowest BCUT2D eigenvalue weighted by Crippen LogP contribution is -2.36. The molecule has 4 heteroatoms. The van der Waals surface area contributed by atoms with E-state index in [0.717, 1.165) is 36.6 Å². The Morgan fingerprint density at radius 2 is 2.06 bits per heavy atom. The molecule has 1 aromatic heterocycles. The molecule has 16 heavy (non-hydrogen) atoms. The molecule has 0 aromatic carbocycles. The lowest BCUT2D eigenvalue weighted by molar-refractivity contribution is 0.411. The van der Waals surface area contributed by atoms with Gasteiger partial charge in [-0.3, -0.25) is 4.68 Å². The summed E-state index contributed by atoms with van der Waals surface area (Å²) >= 11 is 5.93. The minimum Gasteiger partial charge on any atom is -0.312 e. The second-order valence-electron chi connectivity index (χ2n) is 5.18. The molecule has 0 fully saturated rings. The molecule has 0 amide bonds. The topological polar surface area (TPSA) is 29.9 Å². The minimum absolute atomic E-state index is 0.213. The van der Waals surface area contributed by atoms with Crippen molar-refractivity contribution in [2.75, 3.05) is 6.54 Å². The summed E-state index contributed by atoms with van der Waals surface area (Å²) in [6.07, 6.45) is 4.00. The first-order valence-electron chi connectivity index (χ1n) is 5.83. The number of hydrogen-bond donors (Lipinski definition) is 1. The highest BCUT2D eigenvalue weighted by atomic mass is 35.5. The molecule has 0 spiro atoms. The number of nitrogens with zero attached hydrogens (tertiary/aromatic N) is 2. The smallest absolute Gasteiger partial charge is 0.0814 e. The fourth-order valence-electron chi connectivity index (χ4n) is 1.50. The molecule has 0 atom stereocenters. The zero-order valence-electron chi connectivity index (χ0n) is 10.7. The van der Waals surface area contributed by atoms with Crippen molar-refractivity contribution in [3.8, 4) is 0 Å². The molecule has 0 saturated carbocycles. The van der Waals surface area contributed by atoms with Gasteiger partial charge in [0, 0.05) is 12.1 Å². The van der Waals surface area contributed by atoms with Crippen molar-refractivity contribution in [2.45, 2.75) is 52.6 Å². The summed E-state index contributed by atoms with van der Waals surface area (Å²) in [6.45, 7) is 10.6. The van der Waals surface area contributed by atoms with E-state index in [4.69, 9.17) is 11.6 Å². The molecule has 0 bridgehead atoms. The van der Waals surface area contributed by atoms with Gasteiger partial charge in [0.1, 0.15) is 0 Å². The number of hydrogen-bond acceptors (Lipinski definition) is 2. The van der Waals surface area contributed by atoms with Crippen LogP contribution < -0.4 is 5.32 Å². The molecule has 0 aliphatic rings. The van der Waals surface area contributed by atoms with Gasteiger partial charge in [-0.15, -0.1) is 0 Å². The third kappa shape index (κ3) is 4.54. The Morgan fingerprint density at radius 1 is 1.38 bits per heavy atom. The van der Waals surface area contributed by atoms with Crippen molar-refractivity contribution in [3.05, 3.63) is 16.9 Å². The van der Waals surface area contributed by atoms with Crippen molar-refractivity contribution < 1.29 is 0 Å². The van der Waals surface area contributed by atoms with Crippen LogP contribution in [0.3, 0.4) is 0 Å². The first-order valence-corrected chi connectivity index (χ1v) is 6.21. The number of aryl methyl sites for hydroxylation is 1. The van der Waals surface area contributed by atoms with Crippen LogP contribution in [0.2, 0.25) is 5.02 Å². The van der Waals surface area contributed by atoms with Gasteiger partial charge in [-0.1, -0.05) is 11.6 Å². The minimum atomic E-state index is 0.213. The fourth-order valence-corrected chi connectivity index (χ4v) is 1.64. The molecular weight excluding hydrogens is 222 g/mol. The molecule has 0 aliphatic heterocycles. The Morgan fingerprint density at radius 3 is 2.56 bits per heavy atom. The summed E-state index contributed by atoms with van der Waals surface area (Å²) in [6, 6.07) is 0. The number of nitrogens with one attached hydrogen (secondary N) is 1. The molecule has 0 radical (unpaired) electrons. The van der Waals surface area contributed by atoms with Gasteiger partial charge in [-0.25, -0.2) is 0 Å². The Kier molecular flexibility index (Phi) is 4.81. The van der Waals surface area contributed by atoms with Gasteiger partial charge in [-0.2, -0.15) is 5.10 Å². The molecule has 0 aliphatic carbocycles. The summed E-state index contributed by atoms with van der Waals surface area (Å²) < 4.78 is 1.97. The van der Waals surface area contributed by atoms with E-state index in [0.29, 0.717) is 0 Å². The molecule has 0 saturated heterocycles. The molecule has 3 nitrogen and oxygen atoms in total. The van der Waals surface area contributed by atoms with Crippen LogP contribution in [-0.4, -0.2) is 21.9 Å². The number of halogens is 1. The zero-order chi connectivity index (χ0) is 12.2. The van der Waals surface area contributed by atoms with Crippen LogP contribution in [0.5, 0.6) is 0 Å². The number of aromatic nitrogens is 2. The van der Waals surface area contributed by atoms with Gasteiger partial charge in [-0.05, 0) is 47.1 Å². The average molecular weight is 244 g/mol. The molecule has 1 rings (SSSR count). The maximum Gasteiger partial charge on any atom is 0.0814 e. The van der Waals surface area contributed by atoms with E-state index < -0.39 is 0 Å². The molecule has 0 unspecified atom stereocenters. The Labute approximate surface area is 103 Å². The lowest BCUT2D eigenvalue weighted by atomic mass is 10.1. The molecule has 1 aromatic rings. The number of rotatable bonds is 5. The van der Waals surface area contributed by atoms with Crippen molar-refractivity contribution in [2.24, 2.45) is 0 Å². The van der Waals surface area contributed by atoms with Crippen molar-refractivity contribution in [1.82, 2.24) is 15.1 Å². The first-order chi connectivity index (χ1) is 7.40. The van der Waals surface area contributed by atoms with Gasteiger partial charge >= 0.3 is 0 Å². The van der Waals surface area contributed by atoms with Gasteiger partial charge in [0.05, 0.1) is 16.9 Å². The quantitative estimate of drug-likeness (QED) is 0.806. The largest absolute Gasteiger partial charge is 0.312 e. The van der Waals surface area contributed by atoms with E-state index in [1.165, 1.54) is 0 Å². The Balaban J connectivity index is 2.19. The summed E-state index contributed by atoms with van der Waals surface area (Å²) in [5, 5.41) is 8.46. The van der Waals surface area contributed by atoms with E-state index in [1.54, 1.807) is 6.20 Å². The van der Waals surface area contributed by atoms with Crippen LogP contribution in [0.4, 0.5) is 0 Å². The third-order valence-electron chi connectivity index (χ3n) is 2.50. The van der Waals surface area contributed by atoms with E-state index in [1.807, 2.05) is 11.6 Å². The van der Waals surface area contributed by atoms with Crippen molar-refractivity contribution in [1.29, 1.82) is 0 Å². The van der Waals surface area contributed by atoms with Gasteiger partial charge in [0.25, 0.3) is 0 Å². The number of unbranched alkanes of at least 4 members (excludes halogenated alkanes) is 1. The highest BCUT2D eigenvalue weighted by Crippen LogP contribution is 2.13. The average Bonchev–Trinajstić information content (AvgIpc) is 2.47. The third-order valence-corrected chi connectivity index (χ3v) is 2.87. The van der Waals surface area contributed by atoms with E-state index in [2.05, 4.69) is 31.2 Å². The predicted octanol–water partition coefficient (Wildman–Crippen LogP) is 3.01. The second-order valence-corrected chi connectivity index (χ2v) is 5.59. The summed E-state index contributed by atoms with van der Waals surface area (Å²) in [7, 11) is 0. The van der Waals surface area contributed by atoms with Crippen LogP contribution in [0.15, 0.2) is 6.20 Å². The zero-order valence-corrected chi connectivity index (χ0v) is 11.4. The van der Waals surface area contributed by atoms with Crippen LogP contribution in [0.25, 0.3) is 0 Å². The SMILES string of the molecule is Cc1c(Cl)cnn1CCCCNC(C)(C)C. The molecule has 92 valence electrons. The predicted molar refractivity (Wildman–Crippen MR) is 69.0 cm³/mol. The molecular formula is C12H22ClN3. The van der Waals surface area contributed by atoms with E-state index >= 15 is 0 Å². The highest BCUT2D eigenvalue weighted by Gasteiger charge is 2.07. The summed E-state index contributed by atoms with van der Waals surface area (Å²) in [5.41, 5.74) is 1.27. The maximum absolute atomic E-state index is 5.93. The normalized spacial score (nSPS) is 12.1. The lowest BCUT2D eigenvalue weighted by Gasteiger charge is -2.20. The highest BCUT2D eigenvalue weighted by molar-refractivity contribution is 6.31. The van der Waals surface area contributed by atoms with Crippen LogP contribution >= 0.6 is 11.6 Å². The van der Waals surface area contributed by atoms with E-state index in [9.17, 15) is 0 Å². The molecule has 1 N–H and O–H groups in total. The monoisotopic (exact) mass is 243 g/mol. The molecule has 1 heterocycles. The standard InChI is InChI=1S/C12H22ClN3/c1-10-11(13)9-15-16(10)8-6-5-7-14-12(2,3)4/h9,14H,5-8H2,1-4H3. The fraction of sp³-hybridized carbons (Fsp3) is 0.750. The van der Waals surface area contributed by atoms with Crippen molar-refractivity contribution in [3.63, 3.8) is 0 Å². The van der Waals surface area contributed by atoms with Crippen LogP contribution in [0.1, 0.15) is 39.3 Å². The maximum atomic E-state index is 5.93. The summed E-state index contributed by atoms with van der Waals surface area (Å²) in [5.74, 6) is 0. The second kappa shape index (κ2) is 5.69. The Bertz CT molecular complexity index is 325. The van der Waals surface area contributed by atoms with Crippen molar-refractivity contribution >= 4 is 11.6 Å². The Hall–Kier alpha value is -0.540. The van der Waals surface area contributed by atoms with Gasteiger partial charge in [0.2, 0.25) is 0 Å². The van der Waals surface area contributed by atoms with Crippen LogP contribution in [0, 0.1) is 6.92 Å². The van der Waals surface area contributed by atoms with Gasteiger partial charge < -0.3 is 5.32 Å².